The van der Waals surface area contributed by atoms with E-state index in [1.807, 2.05) is 0 Å². The van der Waals surface area contributed by atoms with Gasteiger partial charge in [0, 0.05) is 6.54 Å². The number of halogens is 2. The quantitative estimate of drug-likeness (QED) is 0.450. The van der Waals surface area contributed by atoms with Crippen LogP contribution in [0.15, 0.2) is 0 Å². The topological polar surface area (TPSA) is 3.24 Å². The molecule has 3 heteroatoms. The summed E-state index contributed by atoms with van der Waals surface area (Å²) in [6, 6.07) is 0. The van der Waals surface area contributed by atoms with E-state index in [-0.39, 0.29) is 0 Å². The molecule has 0 unspecified atom stereocenters. The van der Waals surface area contributed by atoms with Crippen molar-refractivity contribution in [2.45, 2.75) is 39.0 Å². The van der Waals surface area contributed by atoms with Gasteiger partial charge in [0.05, 0.1) is 0 Å². The summed E-state index contributed by atoms with van der Waals surface area (Å²) in [5.41, 5.74) is 0. The molecule has 0 amide bonds. The molecule has 0 bridgehead atoms. The zero-order chi connectivity index (χ0) is 7.82. The molecule has 0 atom stereocenters. The maximum Gasteiger partial charge on any atom is 0.0304 e. The third kappa shape index (κ3) is 8.54. The highest BCUT2D eigenvalue weighted by Crippen LogP contribution is 2.06. The van der Waals surface area contributed by atoms with Gasteiger partial charge in [0.2, 0.25) is 0 Å². The first-order valence-electron chi connectivity index (χ1n) is 3.86. The Kier molecular flexibility index (Phi) is 8.06. The van der Waals surface area contributed by atoms with Crippen LogP contribution in [0.25, 0.3) is 0 Å². The first-order chi connectivity index (χ1) is 4.77. The van der Waals surface area contributed by atoms with Crippen molar-refractivity contribution in [1.82, 2.24) is 3.94 Å². The Morgan fingerprint density at radius 2 is 1.60 bits per heavy atom. The van der Waals surface area contributed by atoms with Crippen molar-refractivity contribution < 1.29 is 0 Å². The van der Waals surface area contributed by atoms with Crippen LogP contribution in [0.1, 0.15) is 39.0 Å². The summed E-state index contributed by atoms with van der Waals surface area (Å²) in [7, 11) is 0. The maximum atomic E-state index is 5.39. The number of hydrogen-bond donors (Lipinski definition) is 0. The highest BCUT2D eigenvalue weighted by atomic mass is 35.5. The van der Waals surface area contributed by atoms with Gasteiger partial charge in [-0.3, -0.25) is 0 Å². The van der Waals surface area contributed by atoms with Crippen molar-refractivity contribution in [2.75, 3.05) is 6.54 Å². The van der Waals surface area contributed by atoms with Crippen molar-refractivity contribution in [3.05, 3.63) is 0 Å². The third-order valence-corrected chi connectivity index (χ3v) is 1.77. The number of nitrogens with zero attached hydrogens (tertiary/aromatic N) is 1. The van der Waals surface area contributed by atoms with Crippen LogP contribution in [0.5, 0.6) is 0 Å². The van der Waals surface area contributed by atoms with Gasteiger partial charge in [-0.25, -0.2) is 0 Å². The first kappa shape index (κ1) is 10.5. The largest absolute Gasteiger partial charge is 0.132 e. The molecule has 1 nitrogen and oxygen atoms in total. The van der Waals surface area contributed by atoms with Gasteiger partial charge in [-0.1, -0.05) is 32.6 Å². The molecule has 0 fully saturated rings. The molecule has 0 spiro atoms. The van der Waals surface area contributed by atoms with Crippen LogP contribution in [0.2, 0.25) is 0 Å². The van der Waals surface area contributed by atoms with E-state index in [1.54, 1.807) is 0 Å². The van der Waals surface area contributed by atoms with Gasteiger partial charge >= 0.3 is 0 Å². The normalized spacial score (nSPS) is 10.8. The highest BCUT2D eigenvalue weighted by Gasteiger charge is 1.93. The summed E-state index contributed by atoms with van der Waals surface area (Å²) in [6.07, 6.45) is 6.25. The zero-order valence-corrected chi connectivity index (χ0v) is 7.96. The molecule has 0 aliphatic carbocycles. The summed E-state index contributed by atoms with van der Waals surface area (Å²) in [5, 5.41) is 0. The van der Waals surface area contributed by atoms with Crippen molar-refractivity contribution in [2.24, 2.45) is 0 Å². The van der Waals surface area contributed by atoms with Crippen LogP contribution < -0.4 is 0 Å². The smallest absolute Gasteiger partial charge is 0.0304 e. The van der Waals surface area contributed by atoms with Gasteiger partial charge in [0.15, 0.2) is 0 Å². The number of hydrogen-bond acceptors (Lipinski definition) is 1. The summed E-state index contributed by atoms with van der Waals surface area (Å²) in [4.78, 5) is 0. The van der Waals surface area contributed by atoms with E-state index >= 15 is 0 Å². The Hall–Kier alpha value is 0.540. The Morgan fingerprint density at radius 1 is 1.00 bits per heavy atom. The molecule has 62 valence electrons. The summed E-state index contributed by atoms with van der Waals surface area (Å²) in [6.45, 7) is 2.99. The molecule has 0 saturated heterocycles. The van der Waals surface area contributed by atoms with Gasteiger partial charge in [0.25, 0.3) is 0 Å². The molecule has 0 aromatic rings. The molecule has 0 aromatic heterocycles. The van der Waals surface area contributed by atoms with Gasteiger partial charge in [-0.05, 0) is 30.0 Å². The molecule has 0 saturated carbocycles. The lowest BCUT2D eigenvalue weighted by Crippen LogP contribution is -1.98. The van der Waals surface area contributed by atoms with Crippen LogP contribution in [0.4, 0.5) is 0 Å². The van der Waals surface area contributed by atoms with Crippen LogP contribution in [0, 0.1) is 0 Å². The van der Waals surface area contributed by atoms with Crippen LogP contribution in [-0.2, 0) is 0 Å². The Bertz CT molecular complexity index is 66.6. The minimum atomic E-state index is 0.785. The van der Waals surface area contributed by atoms with Gasteiger partial charge in [-0.2, -0.15) is 0 Å². The molecule has 0 aliphatic rings. The van der Waals surface area contributed by atoms with E-state index < -0.39 is 0 Å². The van der Waals surface area contributed by atoms with E-state index in [0.29, 0.717) is 0 Å². The van der Waals surface area contributed by atoms with E-state index in [1.165, 1.54) is 29.6 Å². The van der Waals surface area contributed by atoms with Crippen molar-refractivity contribution >= 4 is 23.6 Å². The minimum absolute atomic E-state index is 0.785. The fraction of sp³-hybridized carbons (Fsp3) is 1.00. The second-order valence-corrected chi connectivity index (χ2v) is 3.43. The van der Waals surface area contributed by atoms with E-state index in [9.17, 15) is 0 Å². The molecule has 0 aromatic carbocycles. The Labute approximate surface area is 73.5 Å². The predicted octanol–water partition coefficient (Wildman–Crippen LogP) is 3.57. The monoisotopic (exact) mass is 183 g/mol. The third-order valence-electron chi connectivity index (χ3n) is 1.43. The number of unbranched alkanes of at least 4 members (excludes halogenated alkanes) is 4. The minimum Gasteiger partial charge on any atom is -0.132 e. The molecular weight excluding hydrogens is 169 g/mol. The van der Waals surface area contributed by atoms with E-state index in [0.717, 1.165) is 13.0 Å². The Morgan fingerprint density at radius 3 is 2.10 bits per heavy atom. The predicted molar refractivity (Wildman–Crippen MR) is 47.2 cm³/mol. The Balaban J connectivity index is 2.77. The second-order valence-electron chi connectivity index (χ2n) is 2.44. The average Bonchev–Trinajstić information content (AvgIpc) is 1.87. The lowest BCUT2D eigenvalue weighted by Gasteiger charge is -2.02. The van der Waals surface area contributed by atoms with Gasteiger partial charge in [-0.15, -0.1) is 3.94 Å². The summed E-state index contributed by atoms with van der Waals surface area (Å²) < 4.78 is 1.20. The summed E-state index contributed by atoms with van der Waals surface area (Å²) in [5.74, 6) is 0. The number of rotatable bonds is 6. The molecular formula is C7H15Cl2N. The van der Waals surface area contributed by atoms with E-state index in [4.69, 9.17) is 23.6 Å². The fourth-order valence-electron chi connectivity index (χ4n) is 0.835. The SMILES string of the molecule is CCCCCCCN(Cl)Cl. The van der Waals surface area contributed by atoms with Crippen molar-refractivity contribution in [3.63, 3.8) is 0 Å². The van der Waals surface area contributed by atoms with Crippen molar-refractivity contribution in [1.29, 1.82) is 0 Å². The van der Waals surface area contributed by atoms with Gasteiger partial charge in [0.1, 0.15) is 0 Å². The standard InChI is InChI=1S/C7H15Cl2N/c1-2-3-4-5-6-7-10(8)9/h2-7H2,1H3. The summed E-state index contributed by atoms with van der Waals surface area (Å²) >= 11 is 10.8. The molecule has 10 heavy (non-hydrogen) atoms. The van der Waals surface area contributed by atoms with Crippen LogP contribution >= 0.6 is 23.6 Å². The molecule has 0 radical (unpaired) electrons. The molecule has 0 rings (SSSR count). The van der Waals surface area contributed by atoms with Crippen LogP contribution in [0.3, 0.4) is 0 Å². The molecule has 0 heterocycles. The van der Waals surface area contributed by atoms with E-state index in [2.05, 4.69) is 6.92 Å². The zero-order valence-electron chi connectivity index (χ0n) is 6.45. The fourth-order valence-corrected chi connectivity index (χ4v) is 1.07. The van der Waals surface area contributed by atoms with Gasteiger partial charge < -0.3 is 0 Å². The second kappa shape index (κ2) is 7.64. The highest BCUT2D eigenvalue weighted by molar-refractivity contribution is 6.33. The lowest BCUT2D eigenvalue weighted by molar-refractivity contribution is 0.576. The first-order valence-corrected chi connectivity index (χ1v) is 4.54. The van der Waals surface area contributed by atoms with Crippen LogP contribution in [-0.4, -0.2) is 10.5 Å². The average molecular weight is 184 g/mol. The van der Waals surface area contributed by atoms with Crippen molar-refractivity contribution in [3.8, 4) is 0 Å². The lowest BCUT2D eigenvalue weighted by atomic mass is 10.2. The maximum absolute atomic E-state index is 5.39. The molecule has 0 aliphatic heterocycles. The molecule has 0 N–H and O–H groups in total.